The normalized spacial score (nSPS) is 15.9. The Hall–Kier alpha value is -3.10. The summed E-state index contributed by atoms with van der Waals surface area (Å²) in [7, 11) is 0. The summed E-state index contributed by atoms with van der Waals surface area (Å²) >= 11 is 7.21. The van der Waals surface area contributed by atoms with Gasteiger partial charge >= 0.3 is 0 Å². The highest BCUT2D eigenvalue weighted by atomic mass is 35.5. The number of halogens is 2. The second-order valence-corrected chi connectivity index (χ2v) is 8.11. The number of aryl methyl sites for hydroxylation is 1. The van der Waals surface area contributed by atoms with E-state index < -0.39 is 23.2 Å². The molecule has 144 valence electrons. The van der Waals surface area contributed by atoms with E-state index in [4.69, 9.17) is 16.0 Å². The number of anilines is 1. The fourth-order valence-corrected chi connectivity index (χ4v) is 4.40. The molecule has 3 heterocycles. The fourth-order valence-electron chi connectivity index (χ4n) is 3.52. The molecule has 6 nitrogen and oxygen atoms in total. The van der Waals surface area contributed by atoms with E-state index in [0.717, 1.165) is 0 Å². The lowest BCUT2D eigenvalue weighted by atomic mass is 9.98. The van der Waals surface area contributed by atoms with Crippen LogP contribution in [0.1, 0.15) is 32.7 Å². The first kappa shape index (κ1) is 18.0. The highest BCUT2D eigenvalue weighted by Crippen LogP contribution is 2.42. The van der Waals surface area contributed by atoms with Crippen LogP contribution in [-0.4, -0.2) is 16.1 Å². The Bertz CT molecular complexity index is 1370. The van der Waals surface area contributed by atoms with Crippen molar-refractivity contribution >= 4 is 44.9 Å². The molecule has 0 N–H and O–H groups in total. The van der Waals surface area contributed by atoms with Crippen LogP contribution in [0.25, 0.3) is 11.0 Å². The van der Waals surface area contributed by atoms with Crippen LogP contribution in [0.5, 0.6) is 0 Å². The highest BCUT2D eigenvalue weighted by molar-refractivity contribution is 7.15. The molecule has 1 aliphatic heterocycles. The predicted octanol–water partition coefficient (Wildman–Crippen LogP) is 4.50. The van der Waals surface area contributed by atoms with E-state index in [1.54, 1.807) is 25.1 Å². The molecule has 5 rings (SSSR count). The first-order chi connectivity index (χ1) is 14.0. The average molecular weight is 428 g/mol. The summed E-state index contributed by atoms with van der Waals surface area (Å²) in [6.07, 6.45) is 0. The van der Waals surface area contributed by atoms with Crippen molar-refractivity contribution in [2.45, 2.75) is 13.0 Å². The number of hydrogen-bond acceptors (Lipinski definition) is 6. The molecule has 0 aliphatic carbocycles. The number of carbonyl (C=O) groups is 1. The number of fused-ring (bicyclic) bond motifs is 2. The maximum absolute atomic E-state index is 14.7. The van der Waals surface area contributed by atoms with E-state index >= 15 is 0 Å². The van der Waals surface area contributed by atoms with Gasteiger partial charge in [0.05, 0.1) is 10.9 Å². The van der Waals surface area contributed by atoms with Crippen molar-refractivity contribution in [2.24, 2.45) is 0 Å². The minimum absolute atomic E-state index is 0.0581. The van der Waals surface area contributed by atoms with Gasteiger partial charge < -0.3 is 4.42 Å². The van der Waals surface area contributed by atoms with E-state index in [2.05, 4.69) is 10.2 Å². The fraction of sp³-hybridized carbons (Fsp3) is 0.100. The quantitative estimate of drug-likeness (QED) is 0.471. The van der Waals surface area contributed by atoms with Crippen LogP contribution >= 0.6 is 22.9 Å². The average Bonchev–Trinajstić information content (AvgIpc) is 3.24. The first-order valence-electron chi connectivity index (χ1n) is 8.60. The van der Waals surface area contributed by atoms with Crippen molar-refractivity contribution in [2.75, 3.05) is 4.90 Å². The molecule has 1 atom stereocenters. The number of nitrogens with zero attached hydrogens (tertiary/aromatic N) is 3. The van der Waals surface area contributed by atoms with Gasteiger partial charge in [0.2, 0.25) is 10.9 Å². The van der Waals surface area contributed by atoms with Crippen LogP contribution in [0, 0.1) is 12.7 Å². The summed E-state index contributed by atoms with van der Waals surface area (Å²) in [6.45, 7) is 1.74. The van der Waals surface area contributed by atoms with Crippen molar-refractivity contribution in [3.8, 4) is 0 Å². The third kappa shape index (κ3) is 2.67. The molecule has 9 heteroatoms. The van der Waals surface area contributed by atoms with Gasteiger partial charge in [-0.15, -0.1) is 10.2 Å². The molecule has 1 aliphatic rings. The Kier molecular flexibility index (Phi) is 4.01. The summed E-state index contributed by atoms with van der Waals surface area (Å²) in [6, 6.07) is 9.55. The lowest BCUT2D eigenvalue weighted by Crippen LogP contribution is -2.30. The van der Waals surface area contributed by atoms with E-state index in [9.17, 15) is 14.0 Å². The summed E-state index contributed by atoms with van der Waals surface area (Å²) in [4.78, 5) is 27.9. The molecule has 0 saturated carbocycles. The Morgan fingerprint density at radius 2 is 1.97 bits per heavy atom. The zero-order chi connectivity index (χ0) is 20.3. The van der Waals surface area contributed by atoms with Gasteiger partial charge in [-0.05, 0) is 31.2 Å². The summed E-state index contributed by atoms with van der Waals surface area (Å²) in [5.41, 5.74) is 0.0204. The van der Waals surface area contributed by atoms with Crippen molar-refractivity contribution in [1.82, 2.24) is 10.2 Å². The molecule has 0 spiro atoms. The Labute approximate surface area is 172 Å². The number of amides is 1. The zero-order valence-electron chi connectivity index (χ0n) is 14.8. The molecule has 2 aromatic carbocycles. The van der Waals surface area contributed by atoms with Crippen LogP contribution in [0.2, 0.25) is 5.02 Å². The van der Waals surface area contributed by atoms with Crippen molar-refractivity contribution in [3.63, 3.8) is 0 Å². The third-order valence-electron chi connectivity index (χ3n) is 4.75. The van der Waals surface area contributed by atoms with Gasteiger partial charge in [0.25, 0.3) is 5.91 Å². The van der Waals surface area contributed by atoms with Crippen LogP contribution < -0.4 is 10.3 Å². The number of rotatable bonds is 2. The lowest BCUT2D eigenvalue weighted by Gasteiger charge is -2.22. The molecule has 1 amide bonds. The Balaban J connectivity index is 1.86. The largest absolute Gasteiger partial charge is 0.450 e. The topological polar surface area (TPSA) is 76.3 Å². The van der Waals surface area contributed by atoms with Crippen LogP contribution in [0.15, 0.2) is 51.7 Å². The lowest BCUT2D eigenvalue weighted by molar-refractivity contribution is 0.0970. The van der Waals surface area contributed by atoms with Crippen LogP contribution in [0.4, 0.5) is 9.52 Å². The SMILES string of the molecule is Cc1nnc(N2C(=O)c3oc4ccc(Cl)cc4c(=O)c3[C@H]2c2ccccc2F)s1. The maximum atomic E-state index is 14.7. The van der Waals surface area contributed by atoms with Crippen molar-refractivity contribution < 1.29 is 13.6 Å². The molecule has 4 aromatic rings. The second-order valence-electron chi connectivity index (χ2n) is 6.52. The van der Waals surface area contributed by atoms with Crippen LogP contribution in [-0.2, 0) is 0 Å². The first-order valence-corrected chi connectivity index (χ1v) is 9.79. The van der Waals surface area contributed by atoms with Crippen molar-refractivity contribution in [3.05, 3.63) is 85.4 Å². The van der Waals surface area contributed by atoms with E-state index in [1.165, 1.54) is 40.5 Å². The standard InChI is InChI=1S/C20H11ClFN3O3S/c1-9-23-24-20(29-9)25-16(11-4-2-3-5-13(11)22)15-17(26)12-8-10(21)6-7-14(12)28-18(15)19(25)27/h2-8,16H,1H3/t16-/m1/s1. The van der Waals surface area contributed by atoms with E-state index in [-0.39, 0.29) is 33.0 Å². The smallest absolute Gasteiger partial charge is 0.297 e. The Morgan fingerprint density at radius 3 is 2.69 bits per heavy atom. The van der Waals surface area contributed by atoms with Gasteiger partial charge in [0.1, 0.15) is 22.4 Å². The van der Waals surface area contributed by atoms with Gasteiger partial charge in [-0.1, -0.05) is 41.1 Å². The minimum Gasteiger partial charge on any atom is -0.450 e. The summed E-state index contributed by atoms with van der Waals surface area (Å²) < 4.78 is 20.5. The molecule has 0 bridgehead atoms. The minimum atomic E-state index is -1.02. The number of carbonyl (C=O) groups excluding carboxylic acids is 1. The molecular formula is C20H11ClFN3O3S. The molecule has 0 radical (unpaired) electrons. The monoisotopic (exact) mass is 427 g/mol. The van der Waals surface area contributed by atoms with Gasteiger partial charge in [-0.3, -0.25) is 14.5 Å². The molecule has 0 saturated heterocycles. The highest BCUT2D eigenvalue weighted by Gasteiger charge is 2.46. The molecule has 0 fully saturated rings. The molecular weight excluding hydrogens is 417 g/mol. The number of benzene rings is 2. The van der Waals surface area contributed by atoms with Gasteiger partial charge in [0, 0.05) is 10.6 Å². The summed E-state index contributed by atoms with van der Waals surface area (Å²) in [5, 5.41) is 9.46. The van der Waals surface area contributed by atoms with Gasteiger partial charge in [0.15, 0.2) is 5.43 Å². The molecule has 29 heavy (non-hydrogen) atoms. The molecule has 2 aromatic heterocycles. The molecule has 0 unspecified atom stereocenters. The van der Waals surface area contributed by atoms with Gasteiger partial charge in [-0.2, -0.15) is 0 Å². The number of aromatic nitrogens is 2. The van der Waals surface area contributed by atoms with Gasteiger partial charge in [-0.25, -0.2) is 4.39 Å². The van der Waals surface area contributed by atoms with E-state index in [0.29, 0.717) is 10.0 Å². The van der Waals surface area contributed by atoms with Crippen molar-refractivity contribution in [1.29, 1.82) is 0 Å². The zero-order valence-corrected chi connectivity index (χ0v) is 16.4. The predicted molar refractivity (Wildman–Crippen MR) is 107 cm³/mol. The second kappa shape index (κ2) is 6.47. The summed E-state index contributed by atoms with van der Waals surface area (Å²) in [5.74, 6) is -1.25. The van der Waals surface area contributed by atoms with Crippen LogP contribution in [0.3, 0.4) is 0 Å². The third-order valence-corrected chi connectivity index (χ3v) is 5.83. The Morgan fingerprint density at radius 1 is 1.17 bits per heavy atom. The number of hydrogen-bond donors (Lipinski definition) is 0. The maximum Gasteiger partial charge on any atom is 0.297 e. The van der Waals surface area contributed by atoms with E-state index in [1.807, 2.05) is 0 Å².